The maximum absolute atomic E-state index is 12.1. The first-order valence-electron chi connectivity index (χ1n) is 7.51. The first-order valence-corrected chi connectivity index (χ1v) is 7.51. The Hall–Kier alpha value is -0.610. The summed E-state index contributed by atoms with van der Waals surface area (Å²) >= 11 is 0. The molecule has 4 heteroatoms. The minimum atomic E-state index is 0.0943. The van der Waals surface area contributed by atoms with Gasteiger partial charge in [0.15, 0.2) is 0 Å². The third-order valence-corrected chi connectivity index (χ3v) is 4.48. The molecule has 0 aromatic rings. The zero-order valence-corrected chi connectivity index (χ0v) is 11.5. The van der Waals surface area contributed by atoms with Gasteiger partial charge in [0.2, 0.25) is 5.91 Å². The van der Waals surface area contributed by atoms with E-state index in [0.29, 0.717) is 12.1 Å². The second-order valence-electron chi connectivity index (χ2n) is 5.70. The van der Waals surface area contributed by atoms with Gasteiger partial charge >= 0.3 is 0 Å². The zero-order valence-electron chi connectivity index (χ0n) is 11.5. The molecule has 0 bridgehead atoms. The predicted molar refractivity (Wildman–Crippen MR) is 73.3 cm³/mol. The summed E-state index contributed by atoms with van der Waals surface area (Å²) in [5.74, 6) is 0.240. The third kappa shape index (κ3) is 3.23. The van der Waals surface area contributed by atoms with Gasteiger partial charge in [-0.25, -0.2) is 0 Å². The molecule has 18 heavy (non-hydrogen) atoms. The van der Waals surface area contributed by atoms with Crippen LogP contribution in [-0.4, -0.2) is 42.0 Å². The molecule has 4 nitrogen and oxygen atoms in total. The Balaban J connectivity index is 1.99. The number of rotatable bonds is 3. The van der Waals surface area contributed by atoms with Crippen LogP contribution in [0.15, 0.2) is 0 Å². The van der Waals surface area contributed by atoms with Crippen LogP contribution < -0.4 is 11.1 Å². The second kappa shape index (κ2) is 6.53. The predicted octanol–water partition coefficient (Wildman–Crippen LogP) is 1.25. The second-order valence-corrected chi connectivity index (χ2v) is 5.70. The monoisotopic (exact) mass is 253 g/mol. The van der Waals surface area contributed by atoms with Gasteiger partial charge in [-0.2, -0.15) is 0 Å². The molecular weight excluding hydrogens is 226 g/mol. The Morgan fingerprint density at radius 1 is 1.22 bits per heavy atom. The normalized spacial score (nSPS) is 34.2. The summed E-state index contributed by atoms with van der Waals surface area (Å²) in [6.07, 6.45) is 7.81. The number of likely N-dealkylation sites (N-methyl/N-ethyl adjacent to an activating group) is 1. The van der Waals surface area contributed by atoms with Crippen molar-refractivity contribution in [2.45, 2.75) is 70.0 Å². The van der Waals surface area contributed by atoms with Crippen LogP contribution in [0.1, 0.15) is 51.9 Å². The van der Waals surface area contributed by atoms with Gasteiger partial charge < -0.3 is 11.1 Å². The largest absolute Gasteiger partial charge is 0.355 e. The Labute approximate surface area is 110 Å². The Morgan fingerprint density at radius 2 is 1.94 bits per heavy atom. The van der Waals surface area contributed by atoms with E-state index in [2.05, 4.69) is 17.1 Å². The fourth-order valence-electron chi connectivity index (χ4n) is 3.41. The van der Waals surface area contributed by atoms with Crippen LogP contribution in [0.4, 0.5) is 0 Å². The number of nitrogens with two attached hydrogens (primary N) is 1. The molecule has 0 spiro atoms. The van der Waals surface area contributed by atoms with Gasteiger partial charge in [0.1, 0.15) is 0 Å². The van der Waals surface area contributed by atoms with E-state index in [-0.39, 0.29) is 11.9 Å². The van der Waals surface area contributed by atoms with Crippen LogP contribution >= 0.6 is 0 Å². The van der Waals surface area contributed by atoms with E-state index in [1.807, 2.05) is 0 Å². The van der Waals surface area contributed by atoms with Gasteiger partial charge in [0.25, 0.3) is 0 Å². The van der Waals surface area contributed by atoms with E-state index in [1.165, 1.54) is 0 Å². The van der Waals surface area contributed by atoms with Gasteiger partial charge in [-0.3, -0.25) is 9.69 Å². The minimum Gasteiger partial charge on any atom is -0.355 e. The van der Waals surface area contributed by atoms with Crippen molar-refractivity contribution in [1.29, 1.82) is 0 Å². The molecule has 1 unspecified atom stereocenters. The van der Waals surface area contributed by atoms with Crippen LogP contribution in [0.25, 0.3) is 0 Å². The Kier molecular flexibility index (Phi) is 5.01. The van der Waals surface area contributed by atoms with Crippen molar-refractivity contribution >= 4 is 5.91 Å². The summed E-state index contributed by atoms with van der Waals surface area (Å²) in [4.78, 5) is 14.6. The molecule has 2 rings (SSSR count). The molecule has 104 valence electrons. The highest BCUT2D eigenvalue weighted by atomic mass is 16.2. The first-order chi connectivity index (χ1) is 8.72. The third-order valence-electron chi connectivity index (χ3n) is 4.48. The molecule has 1 amide bonds. The van der Waals surface area contributed by atoms with E-state index in [0.717, 1.165) is 58.0 Å². The number of amides is 1. The summed E-state index contributed by atoms with van der Waals surface area (Å²) in [6, 6.07) is 1.03. The van der Waals surface area contributed by atoms with Gasteiger partial charge in [-0.05, 0) is 51.5 Å². The molecule has 0 aromatic carbocycles. The van der Waals surface area contributed by atoms with Crippen LogP contribution in [0.2, 0.25) is 0 Å². The summed E-state index contributed by atoms with van der Waals surface area (Å²) < 4.78 is 0. The van der Waals surface area contributed by atoms with E-state index in [9.17, 15) is 4.79 Å². The molecule has 1 aliphatic carbocycles. The lowest BCUT2D eigenvalue weighted by Crippen LogP contribution is -2.52. The van der Waals surface area contributed by atoms with E-state index < -0.39 is 0 Å². The number of nitrogens with one attached hydrogen (secondary N) is 1. The standard InChI is InChI=1S/C14H27N3O/c1-2-17(12-8-6-11(15)7-9-12)13-5-3-4-10-16-14(13)18/h11-13H,2-10,15H2,1H3,(H,16,18). The quantitative estimate of drug-likeness (QED) is 0.796. The Morgan fingerprint density at radius 3 is 2.61 bits per heavy atom. The molecule has 1 aliphatic heterocycles. The molecule has 1 atom stereocenters. The van der Waals surface area contributed by atoms with Gasteiger partial charge in [-0.15, -0.1) is 0 Å². The summed E-state index contributed by atoms with van der Waals surface area (Å²) in [7, 11) is 0. The molecule has 2 fully saturated rings. The lowest BCUT2D eigenvalue weighted by Gasteiger charge is -2.39. The molecule has 1 saturated heterocycles. The van der Waals surface area contributed by atoms with Crippen molar-refractivity contribution in [3.63, 3.8) is 0 Å². The van der Waals surface area contributed by atoms with Crippen LogP contribution in [0.5, 0.6) is 0 Å². The number of nitrogens with zero attached hydrogens (tertiary/aromatic N) is 1. The smallest absolute Gasteiger partial charge is 0.237 e. The van der Waals surface area contributed by atoms with Crippen LogP contribution in [0.3, 0.4) is 0 Å². The highest BCUT2D eigenvalue weighted by Crippen LogP contribution is 2.25. The number of carbonyl (C=O) groups excluding carboxylic acids is 1. The SMILES string of the molecule is CCN(C1CCC(N)CC1)C1CCCCNC1=O. The van der Waals surface area contributed by atoms with Gasteiger partial charge in [0.05, 0.1) is 6.04 Å². The van der Waals surface area contributed by atoms with E-state index >= 15 is 0 Å². The Bertz CT molecular complexity index is 274. The number of hydrogen-bond acceptors (Lipinski definition) is 3. The highest BCUT2D eigenvalue weighted by molar-refractivity contribution is 5.82. The maximum Gasteiger partial charge on any atom is 0.237 e. The first kappa shape index (κ1) is 13.8. The zero-order chi connectivity index (χ0) is 13.0. The minimum absolute atomic E-state index is 0.0943. The average Bonchev–Trinajstić information content (AvgIpc) is 2.58. The fraction of sp³-hybridized carbons (Fsp3) is 0.929. The lowest BCUT2D eigenvalue weighted by molar-refractivity contribution is -0.127. The number of carbonyl (C=O) groups is 1. The van der Waals surface area contributed by atoms with E-state index in [1.54, 1.807) is 0 Å². The highest BCUT2D eigenvalue weighted by Gasteiger charge is 2.32. The van der Waals surface area contributed by atoms with Crippen LogP contribution in [-0.2, 0) is 4.79 Å². The van der Waals surface area contributed by atoms with Gasteiger partial charge in [-0.1, -0.05) is 6.92 Å². The van der Waals surface area contributed by atoms with Crippen molar-refractivity contribution in [3.05, 3.63) is 0 Å². The molecule has 0 radical (unpaired) electrons. The lowest BCUT2D eigenvalue weighted by atomic mass is 9.89. The summed E-state index contributed by atoms with van der Waals surface area (Å²) in [5.41, 5.74) is 5.97. The fourth-order valence-corrected chi connectivity index (χ4v) is 3.41. The molecule has 2 aliphatic rings. The molecule has 1 saturated carbocycles. The topological polar surface area (TPSA) is 58.4 Å². The van der Waals surface area contributed by atoms with Crippen molar-refractivity contribution in [3.8, 4) is 0 Å². The van der Waals surface area contributed by atoms with Gasteiger partial charge in [0, 0.05) is 18.6 Å². The maximum atomic E-state index is 12.1. The molecule has 3 N–H and O–H groups in total. The number of hydrogen-bond donors (Lipinski definition) is 2. The molecule has 1 heterocycles. The van der Waals surface area contributed by atoms with Crippen molar-refractivity contribution in [2.24, 2.45) is 5.73 Å². The average molecular weight is 253 g/mol. The molecule has 0 aromatic heterocycles. The van der Waals surface area contributed by atoms with E-state index in [4.69, 9.17) is 5.73 Å². The van der Waals surface area contributed by atoms with Crippen LogP contribution in [0, 0.1) is 0 Å². The van der Waals surface area contributed by atoms with Crippen molar-refractivity contribution in [1.82, 2.24) is 10.2 Å². The molecular formula is C14H27N3O. The van der Waals surface area contributed by atoms with Crippen molar-refractivity contribution < 1.29 is 4.79 Å². The summed E-state index contributed by atoms with van der Waals surface area (Å²) in [6.45, 7) is 3.99. The van der Waals surface area contributed by atoms with Crippen molar-refractivity contribution in [2.75, 3.05) is 13.1 Å². The summed E-state index contributed by atoms with van der Waals surface area (Å²) in [5, 5.41) is 3.05.